The summed E-state index contributed by atoms with van der Waals surface area (Å²) in [5.41, 5.74) is 3.50. The van der Waals surface area contributed by atoms with Crippen LogP contribution < -0.4 is 0 Å². The third-order valence-corrected chi connectivity index (χ3v) is 3.23. The maximum atomic E-state index is 4.63. The summed E-state index contributed by atoms with van der Waals surface area (Å²) in [4.78, 5) is 4.63. The van der Waals surface area contributed by atoms with E-state index in [1.54, 1.807) is 0 Å². The van der Waals surface area contributed by atoms with E-state index in [0.717, 1.165) is 15.7 Å². The summed E-state index contributed by atoms with van der Waals surface area (Å²) in [6, 6.07) is 8.43. The maximum Gasteiger partial charge on any atom is 0.0751 e. The number of halogens is 1. The molecule has 78 valence electrons. The van der Waals surface area contributed by atoms with Gasteiger partial charge in [0.15, 0.2) is 0 Å². The van der Waals surface area contributed by atoms with E-state index < -0.39 is 0 Å². The zero-order valence-electron chi connectivity index (χ0n) is 9.21. The van der Waals surface area contributed by atoms with Crippen LogP contribution in [0.25, 0.3) is 10.9 Å². The van der Waals surface area contributed by atoms with E-state index in [0.29, 0.717) is 5.92 Å². The number of rotatable bonds is 1. The van der Waals surface area contributed by atoms with E-state index in [-0.39, 0.29) is 0 Å². The van der Waals surface area contributed by atoms with Crippen LogP contribution >= 0.6 is 15.9 Å². The third kappa shape index (κ3) is 1.91. The first-order valence-corrected chi connectivity index (χ1v) is 5.94. The van der Waals surface area contributed by atoms with Crippen molar-refractivity contribution in [1.82, 2.24) is 4.98 Å². The Bertz CT molecular complexity index is 503. The molecule has 0 saturated carbocycles. The number of aromatic nitrogens is 1. The molecule has 0 spiro atoms. The van der Waals surface area contributed by atoms with Crippen LogP contribution in [0.2, 0.25) is 0 Å². The van der Waals surface area contributed by atoms with Crippen LogP contribution in [-0.2, 0) is 0 Å². The molecule has 0 bridgehead atoms. The second-order valence-electron chi connectivity index (χ2n) is 4.14. The summed E-state index contributed by atoms with van der Waals surface area (Å²) >= 11 is 3.59. The lowest BCUT2D eigenvalue weighted by Crippen LogP contribution is -1.93. The van der Waals surface area contributed by atoms with Gasteiger partial charge >= 0.3 is 0 Å². The van der Waals surface area contributed by atoms with Gasteiger partial charge in [-0.2, -0.15) is 0 Å². The number of nitrogens with zero attached hydrogens (tertiary/aromatic N) is 1. The van der Waals surface area contributed by atoms with E-state index in [4.69, 9.17) is 0 Å². The van der Waals surface area contributed by atoms with Crippen molar-refractivity contribution in [2.45, 2.75) is 26.7 Å². The summed E-state index contributed by atoms with van der Waals surface area (Å²) < 4.78 is 1.13. The molecule has 2 rings (SSSR count). The molecule has 2 aromatic rings. The van der Waals surface area contributed by atoms with E-state index in [9.17, 15) is 0 Å². The standard InChI is InChI=1S/C13H14BrN/c1-8(2)10-5-4-6-11-12(14)7-9(3)15-13(10)11/h4-8H,1-3H3. The van der Waals surface area contributed by atoms with E-state index in [1.165, 1.54) is 10.9 Å². The molecule has 1 aromatic heterocycles. The van der Waals surface area contributed by atoms with Gasteiger partial charge in [-0.05, 0) is 24.5 Å². The Morgan fingerprint density at radius 1 is 1.27 bits per heavy atom. The van der Waals surface area contributed by atoms with Gasteiger partial charge in [0, 0.05) is 15.6 Å². The predicted molar refractivity (Wildman–Crippen MR) is 68.3 cm³/mol. The molecular weight excluding hydrogens is 250 g/mol. The van der Waals surface area contributed by atoms with Crippen molar-refractivity contribution in [3.63, 3.8) is 0 Å². The second kappa shape index (κ2) is 3.93. The van der Waals surface area contributed by atoms with Gasteiger partial charge < -0.3 is 0 Å². The van der Waals surface area contributed by atoms with Gasteiger partial charge in [0.25, 0.3) is 0 Å². The highest BCUT2D eigenvalue weighted by Gasteiger charge is 2.08. The van der Waals surface area contributed by atoms with Crippen molar-refractivity contribution < 1.29 is 0 Å². The van der Waals surface area contributed by atoms with Gasteiger partial charge in [-0.25, -0.2) is 0 Å². The van der Waals surface area contributed by atoms with Gasteiger partial charge in [-0.15, -0.1) is 0 Å². The van der Waals surface area contributed by atoms with Crippen LogP contribution in [0.1, 0.15) is 31.0 Å². The van der Waals surface area contributed by atoms with Crippen molar-refractivity contribution in [3.8, 4) is 0 Å². The third-order valence-electron chi connectivity index (χ3n) is 2.57. The molecule has 0 unspecified atom stereocenters. The Kier molecular flexibility index (Phi) is 2.79. The lowest BCUT2D eigenvalue weighted by atomic mass is 9.99. The van der Waals surface area contributed by atoms with Gasteiger partial charge in [0.1, 0.15) is 0 Å². The van der Waals surface area contributed by atoms with Crippen molar-refractivity contribution in [2.75, 3.05) is 0 Å². The molecule has 0 fully saturated rings. The molecule has 15 heavy (non-hydrogen) atoms. The first kappa shape index (κ1) is 10.6. The highest BCUT2D eigenvalue weighted by atomic mass is 79.9. The highest BCUT2D eigenvalue weighted by Crippen LogP contribution is 2.29. The molecular formula is C13H14BrN. The van der Waals surface area contributed by atoms with Crippen LogP contribution in [0.5, 0.6) is 0 Å². The lowest BCUT2D eigenvalue weighted by Gasteiger charge is -2.10. The van der Waals surface area contributed by atoms with E-state index in [2.05, 4.69) is 59.0 Å². The Balaban J connectivity index is 2.85. The molecule has 0 N–H and O–H groups in total. The van der Waals surface area contributed by atoms with Gasteiger partial charge in [-0.3, -0.25) is 4.98 Å². The fraction of sp³-hybridized carbons (Fsp3) is 0.308. The molecule has 0 atom stereocenters. The van der Waals surface area contributed by atoms with Crippen molar-refractivity contribution >= 4 is 26.8 Å². The van der Waals surface area contributed by atoms with Gasteiger partial charge in [0.2, 0.25) is 0 Å². The van der Waals surface area contributed by atoms with Gasteiger partial charge in [0.05, 0.1) is 5.52 Å². The first-order chi connectivity index (χ1) is 7.09. The molecule has 0 aliphatic heterocycles. The Hall–Kier alpha value is -0.890. The molecule has 0 saturated heterocycles. The molecule has 0 aliphatic rings. The molecule has 1 nitrogen and oxygen atoms in total. The number of para-hydroxylation sites is 1. The van der Waals surface area contributed by atoms with Crippen molar-refractivity contribution in [2.24, 2.45) is 0 Å². The number of aryl methyl sites for hydroxylation is 1. The SMILES string of the molecule is Cc1cc(Br)c2cccc(C(C)C)c2n1. The summed E-state index contributed by atoms with van der Waals surface area (Å²) in [6.45, 7) is 6.43. The average Bonchev–Trinajstić information content (AvgIpc) is 2.16. The van der Waals surface area contributed by atoms with Gasteiger partial charge in [-0.1, -0.05) is 48.0 Å². The molecule has 2 heteroatoms. The Labute approximate surface area is 98.7 Å². The van der Waals surface area contributed by atoms with Crippen LogP contribution in [0.3, 0.4) is 0 Å². The zero-order chi connectivity index (χ0) is 11.0. The molecule has 0 aliphatic carbocycles. The monoisotopic (exact) mass is 263 g/mol. The van der Waals surface area contributed by atoms with E-state index >= 15 is 0 Å². The normalized spacial score (nSPS) is 11.3. The fourth-order valence-corrected chi connectivity index (χ4v) is 2.47. The quantitative estimate of drug-likeness (QED) is 0.742. The highest BCUT2D eigenvalue weighted by molar-refractivity contribution is 9.10. The zero-order valence-corrected chi connectivity index (χ0v) is 10.8. The van der Waals surface area contributed by atoms with Crippen molar-refractivity contribution in [1.29, 1.82) is 0 Å². The topological polar surface area (TPSA) is 12.9 Å². The number of fused-ring (bicyclic) bond motifs is 1. The molecule has 0 amide bonds. The van der Waals surface area contributed by atoms with Crippen LogP contribution in [0.15, 0.2) is 28.7 Å². The average molecular weight is 264 g/mol. The number of benzene rings is 1. The van der Waals surface area contributed by atoms with E-state index in [1.807, 2.05) is 6.92 Å². The number of hydrogen-bond donors (Lipinski definition) is 0. The van der Waals surface area contributed by atoms with Crippen LogP contribution in [0.4, 0.5) is 0 Å². The Morgan fingerprint density at radius 3 is 2.67 bits per heavy atom. The number of pyridine rings is 1. The first-order valence-electron chi connectivity index (χ1n) is 5.15. The maximum absolute atomic E-state index is 4.63. The largest absolute Gasteiger partial charge is 0.253 e. The fourth-order valence-electron chi connectivity index (χ4n) is 1.81. The summed E-state index contributed by atoms with van der Waals surface area (Å²) in [5, 5.41) is 1.20. The minimum absolute atomic E-state index is 0.509. The summed E-state index contributed by atoms with van der Waals surface area (Å²) in [7, 11) is 0. The second-order valence-corrected chi connectivity index (χ2v) is 5.00. The summed E-state index contributed by atoms with van der Waals surface area (Å²) in [6.07, 6.45) is 0. The molecule has 0 radical (unpaired) electrons. The minimum Gasteiger partial charge on any atom is -0.253 e. The van der Waals surface area contributed by atoms with Crippen LogP contribution in [-0.4, -0.2) is 4.98 Å². The van der Waals surface area contributed by atoms with Crippen LogP contribution in [0, 0.1) is 6.92 Å². The lowest BCUT2D eigenvalue weighted by molar-refractivity contribution is 0.872. The predicted octanol–water partition coefficient (Wildman–Crippen LogP) is 4.43. The Morgan fingerprint density at radius 2 is 2.00 bits per heavy atom. The minimum atomic E-state index is 0.509. The van der Waals surface area contributed by atoms with Crippen molar-refractivity contribution in [3.05, 3.63) is 40.0 Å². The summed E-state index contributed by atoms with van der Waals surface area (Å²) in [5.74, 6) is 0.509. The molecule has 1 aromatic carbocycles. The smallest absolute Gasteiger partial charge is 0.0751 e. The molecule has 1 heterocycles. The number of hydrogen-bond acceptors (Lipinski definition) is 1.